The molecule has 8 aromatic heterocycles. The first-order chi connectivity index (χ1) is 62.7. The molecule has 131 heavy (non-hydrogen) atoms. The van der Waals surface area contributed by atoms with Crippen LogP contribution in [0.25, 0.3) is 66.8 Å². The maximum Gasteiger partial charge on any atom is 0.294 e. The Labute approximate surface area is 789 Å². The number of nitrogens with two attached hydrogens (primary N) is 1. The molecule has 0 radical (unpaired) electrons. The predicted octanol–water partition coefficient (Wildman–Crippen LogP) is 15.8. The van der Waals surface area contributed by atoms with E-state index in [2.05, 4.69) is 183 Å². The Morgan fingerprint density at radius 3 is 1.53 bits per heavy atom. The Morgan fingerprint density at radius 1 is 0.580 bits per heavy atom. The normalized spacial score (nSPS) is 15.2. The molecule has 0 amide bonds. The van der Waals surface area contributed by atoms with E-state index < -0.39 is 24.7 Å². The SMILES string of the molecule is CCCCO.CCn1cc(-c2cc(N)c(OC)cc2N2CCC(N3CCN(C)CC3)CC2)cn1.CCn1cc(-c2cc(Nc3ncc(Br)c(Nc4ccc(-c5nn(C)c6ncccc56)cc4[P+](C)(C)O)n3)c(OC)cc2N2CCC(N3CCN(C)CC3)CC2)cn1.Cc1ccc(S(=O)(=O)O)cc1.Cn1nc(-c2ccc(Nc3nc(Cl)ncc3Br)c(P(C)(C)=O)c2)c2cccnc21. The molecule has 4 aliphatic rings. The highest BCUT2D eigenvalue weighted by molar-refractivity contribution is 9.11. The molecule has 13 aromatic rings. The van der Waals surface area contributed by atoms with Crippen LogP contribution in [0.2, 0.25) is 5.28 Å². The van der Waals surface area contributed by atoms with Crippen LogP contribution in [0.1, 0.15) is 64.9 Å². The molecule has 0 unspecified atom stereocenters. The topological polar surface area (TPSA) is 361 Å². The third-order valence-electron chi connectivity index (χ3n) is 23.9. The van der Waals surface area contributed by atoms with Crippen molar-refractivity contribution in [1.29, 1.82) is 0 Å². The summed E-state index contributed by atoms with van der Waals surface area (Å²) in [5.41, 5.74) is 21.7. The number of unbranched alkanes of at least 4 members (excludes halogenated alkanes) is 1. The number of nitrogens with zero attached hydrogens (tertiary/aromatic N) is 20. The molecular weight excluding hydrogens is 1870 g/mol. The fraction of sp³-hybridized carbons (Fsp3) is 0.398. The summed E-state index contributed by atoms with van der Waals surface area (Å²) in [4.78, 5) is 53.2. The van der Waals surface area contributed by atoms with Gasteiger partial charge in [-0.2, -0.15) is 38.8 Å². The fourth-order valence-electron chi connectivity index (χ4n) is 16.5. The van der Waals surface area contributed by atoms with Gasteiger partial charge in [-0.15, -0.1) is 0 Å². The van der Waals surface area contributed by atoms with Crippen LogP contribution in [-0.4, -0.2) is 264 Å². The van der Waals surface area contributed by atoms with Crippen LogP contribution in [0.15, 0.2) is 173 Å². The van der Waals surface area contributed by atoms with Gasteiger partial charge in [-0.1, -0.05) is 43.2 Å². The molecule has 17 rings (SSSR count). The maximum atomic E-state index is 13.1. The number of benzene rings is 5. The second-order valence-electron chi connectivity index (χ2n) is 33.8. The number of piperidine rings is 2. The minimum Gasteiger partial charge on any atom is -0.495 e. The summed E-state index contributed by atoms with van der Waals surface area (Å²) in [6, 6.07) is 35.2. The second-order valence-corrected chi connectivity index (χ2v) is 43.8. The van der Waals surface area contributed by atoms with Gasteiger partial charge in [0.05, 0.1) is 76.5 Å². The van der Waals surface area contributed by atoms with Gasteiger partial charge in [0.2, 0.25) is 11.2 Å². The van der Waals surface area contributed by atoms with Gasteiger partial charge >= 0.3 is 0 Å². The molecule has 4 aliphatic heterocycles. The molecule has 8 N–H and O–H groups in total. The second kappa shape index (κ2) is 44.2. The van der Waals surface area contributed by atoms with E-state index in [0.29, 0.717) is 67.6 Å². The molecule has 0 saturated carbocycles. The summed E-state index contributed by atoms with van der Waals surface area (Å²) in [5, 5.41) is 40.2. The number of aryl methyl sites for hydroxylation is 5. The molecule has 5 aromatic carbocycles. The number of anilines is 9. The number of hydrogen-bond acceptors (Lipinski definition) is 27. The van der Waals surface area contributed by atoms with Crippen molar-refractivity contribution in [2.24, 2.45) is 14.1 Å². The van der Waals surface area contributed by atoms with E-state index in [1.165, 1.54) is 56.8 Å². The van der Waals surface area contributed by atoms with Crippen molar-refractivity contribution < 1.29 is 37.0 Å². The summed E-state index contributed by atoms with van der Waals surface area (Å²) in [7, 11) is 2.40. The number of aliphatic hydroxyl groups excluding tert-OH is 1. The lowest BCUT2D eigenvalue weighted by molar-refractivity contribution is 0.0982. The van der Waals surface area contributed by atoms with Crippen molar-refractivity contribution in [2.75, 3.05) is 172 Å². The Bertz CT molecular complexity index is 6240. The lowest BCUT2D eigenvalue weighted by Gasteiger charge is -2.43. The van der Waals surface area contributed by atoms with Crippen molar-refractivity contribution in [2.45, 2.75) is 96.3 Å². The maximum absolute atomic E-state index is 13.1. The number of fused-ring (bicyclic) bond motifs is 2. The number of aromatic nitrogens is 14. The van der Waals surface area contributed by atoms with Gasteiger partial charge in [0, 0.05) is 235 Å². The molecule has 32 nitrogen and oxygen atoms in total. The van der Waals surface area contributed by atoms with E-state index in [-0.39, 0.29) is 10.2 Å². The van der Waals surface area contributed by atoms with Crippen molar-refractivity contribution in [3.8, 4) is 56.3 Å². The average Bonchev–Trinajstić information content (AvgIpc) is 1.54. The van der Waals surface area contributed by atoms with Crippen molar-refractivity contribution in [3.05, 3.63) is 179 Å². The molecule has 0 spiro atoms. The highest BCUT2D eigenvalue weighted by Crippen LogP contribution is 2.50. The zero-order valence-corrected chi connectivity index (χ0v) is 83.4. The highest BCUT2D eigenvalue weighted by atomic mass is 79.9. The first-order valence-corrected chi connectivity index (χ1v) is 52.6. The van der Waals surface area contributed by atoms with Gasteiger partial charge in [0.15, 0.2) is 24.6 Å². The standard InChI is InChI=1S/C41H51BrN12O2P.C22H34N6O.C19H17BrClN6OP.C7H8O3S.C4H10O/c1-7-54-26-28(24-45-54)31-22-34(36(56-4)23-35(31)53-15-12-29(13-16-53)52-19-17-50(2)18-20-52)47-41-44-25-32(42)39(48-41)46-33-11-10-27(21-37(33)57(5,6)55)38-30-9-8-14-43-40(30)51(3)49-38;1-4-28-16-17(15-24-28)19-13-20(23)22(29-3)14-21(19)27-7-5-18(6-8-27)26-11-9-25(2)10-12-26;1-27-18-12(5-4-8-22-18)16(26-27)11-6-7-14(15(9-11)29(2,3)28)24-17-13(20)10-23-19(21)25-17;1-6-2-4-7(5-3-6)11(8,9)10;1-2-3-4-5/h8-11,14,21-26,29,55H,7,12-13,15-20H2,1-6H3,(H2,44,46,47,48);13-16,18H,4-12,23H2,1-3H3;4-10H,1-3H3,(H,23,24,25);2-5H,1H3,(H,8,9,10);5H,2-4H2,1H3/q+1;;;;. The Hall–Kier alpha value is -10.1. The van der Waals surface area contributed by atoms with E-state index >= 15 is 0 Å². The van der Waals surface area contributed by atoms with Gasteiger partial charge in [-0.3, -0.25) is 23.7 Å². The fourth-order valence-corrected chi connectivity index (χ4v) is 20.1. The van der Waals surface area contributed by atoms with Crippen LogP contribution in [0.3, 0.4) is 0 Å². The number of halogens is 3. The summed E-state index contributed by atoms with van der Waals surface area (Å²) >= 11 is 13.0. The monoisotopic (exact) mass is 1990 g/mol. The van der Waals surface area contributed by atoms with Crippen molar-refractivity contribution >= 4 is 153 Å². The van der Waals surface area contributed by atoms with Gasteiger partial charge in [0.1, 0.15) is 41.2 Å². The van der Waals surface area contributed by atoms with Crippen LogP contribution in [-0.2, 0) is 41.9 Å². The smallest absolute Gasteiger partial charge is 0.294 e. The van der Waals surface area contributed by atoms with E-state index in [1.807, 2.05) is 123 Å². The summed E-state index contributed by atoms with van der Waals surface area (Å²) < 4.78 is 63.0. The van der Waals surface area contributed by atoms with Crippen LogP contribution < -0.4 is 51.6 Å². The molecule has 12 heterocycles. The molecule has 696 valence electrons. The number of rotatable bonds is 23. The van der Waals surface area contributed by atoms with Gasteiger partial charge in [-0.05, 0) is 197 Å². The molecule has 4 saturated heterocycles. The Kier molecular flexibility index (Phi) is 33.2. The van der Waals surface area contributed by atoms with Gasteiger partial charge < -0.3 is 60.4 Å². The first-order valence-electron chi connectivity index (χ1n) is 44.0. The van der Waals surface area contributed by atoms with E-state index in [4.69, 9.17) is 46.6 Å². The van der Waals surface area contributed by atoms with Gasteiger partial charge in [-0.25, -0.2) is 34.2 Å². The summed E-state index contributed by atoms with van der Waals surface area (Å²) in [6.07, 6.45) is 21.6. The molecule has 38 heteroatoms. The van der Waals surface area contributed by atoms with E-state index in [9.17, 15) is 17.9 Å². The molecule has 4 fully saturated rings. The molecular formula is C93H120Br2ClN24O8P2S+. The van der Waals surface area contributed by atoms with E-state index in [1.54, 1.807) is 73.8 Å². The van der Waals surface area contributed by atoms with Crippen LogP contribution >= 0.6 is 58.1 Å². The third-order valence-corrected chi connectivity index (χ3v) is 29.2. The quantitative estimate of drug-likeness (QED) is 0.0135. The number of ether oxygens (including phenoxy) is 2. The minimum absolute atomic E-state index is 0.0666. The van der Waals surface area contributed by atoms with Crippen molar-refractivity contribution in [3.63, 3.8) is 0 Å². The lowest BCUT2D eigenvalue weighted by atomic mass is 9.98. The van der Waals surface area contributed by atoms with Crippen molar-refractivity contribution in [1.82, 2.24) is 88.6 Å². The number of piperazine rings is 2. The number of nitrogens with one attached hydrogen (secondary N) is 3. The van der Waals surface area contributed by atoms with Gasteiger partial charge in [0.25, 0.3) is 10.1 Å². The molecule has 0 aliphatic carbocycles. The number of methoxy groups -OCH3 is 2. The van der Waals surface area contributed by atoms with E-state index in [0.717, 1.165) is 192 Å². The Balaban J connectivity index is 0.000000165. The first kappa shape index (κ1) is 98.4. The van der Waals surface area contributed by atoms with Crippen LogP contribution in [0.5, 0.6) is 11.5 Å². The molecule has 0 bridgehead atoms. The number of aliphatic hydroxyl groups is 1. The highest BCUT2D eigenvalue weighted by Gasteiger charge is 2.34. The zero-order chi connectivity index (χ0) is 93.6. The minimum atomic E-state index is -4.02. The largest absolute Gasteiger partial charge is 0.495 e. The number of likely N-dealkylation sites (N-methyl/N-ethyl adjacent to an activating group) is 2. The number of pyridine rings is 2. The summed E-state index contributed by atoms with van der Waals surface area (Å²) in [5.74, 6) is 2.87. The molecule has 0 atom stereocenters. The number of nitrogen functional groups attached to an aromatic ring is 1. The van der Waals surface area contributed by atoms with Crippen LogP contribution in [0, 0.1) is 6.92 Å². The Morgan fingerprint density at radius 2 is 1.06 bits per heavy atom. The zero-order valence-electron chi connectivity index (χ0n) is 76.9. The number of hydrogen-bond donors (Lipinski definition) is 7. The third kappa shape index (κ3) is 24.7. The average molecular weight is 1990 g/mol. The summed E-state index contributed by atoms with van der Waals surface area (Å²) in [6.45, 7) is 30.7. The van der Waals surface area contributed by atoms with Crippen LogP contribution in [0.4, 0.5) is 51.7 Å². The lowest BCUT2D eigenvalue weighted by Crippen LogP contribution is -2.52. The predicted molar refractivity (Wildman–Crippen MR) is 538 cm³/mol.